The summed E-state index contributed by atoms with van der Waals surface area (Å²) in [7, 11) is 4.07. The number of rotatable bonds is 6. The van der Waals surface area contributed by atoms with Crippen molar-refractivity contribution in [2.45, 2.75) is 32.2 Å². The largest absolute Gasteiger partial charge is 0.493 e. The van der Waals surface area contributed by atoms with Gasteiger partial charge in [-0.25, -0.2) is 0 Å². The Bertz CT molecular complexity index is 610. The average Bonchev–Trinajstić information content (AvgIpc) is 3.02. The fraction of sp³-hybridized carbons (Fsp3) is 0.550. The number of carbonyl (C=O) groups excluding carboxylic acids is 1. The van der Waals surface area contributed by atoms with Crippen molar-refractivity contribution in [2.75, 3.05) is 33.8 Å². The first kappa shape index (κ1) is 17.0. The van der Waals surface area contributed by atoms with Gasteiger partial charge in [0, 0.05) is 19.5 Å². The van der Waals surface area contributed by atoms with Crippen molar-refractivity contribution in [1.29, 1.82) is 0 Å². The lowest BCUT2D eigenvalue weighted by molar-refractivity contribution is -0.849. The summed E-state index contributed by atoms with van der Waals surface area (Å²) in [5.41, 5.74) is 2.49. The highest BCUT2D eigenvalue weighted by Gasteiger charge is 2.22. The molecule has 1 amide bonds. The first-order chi connectivity index (χ1) is 11.6. The quantitative estimate of drug-likeness (QED) is 0.802. The van der Waals surface area contributed by atoms with Crippen molar-refractivity contribution < 1.29 is 14.4 Å². The van der Waals surface area contributed by atoms with E-state index in [0.29, 0.717) is 19.0 Å². The summed E-state index contributed by atoms with van der Waals surface area (Å²) in [5, 5.41) is 0. The molecule has 0 radical (unpaired) electrons. The Kier molecular flexibility index (Phi) is 5.56. The third kappa shape index (κ3) is 4.38. The van der Waals surface area contributed by atoms with Crippen molar-refractivity contribution in [1.82, 2.24) is 4.90 Å². The molecule has 1 N–H and O–H groups in total. The van der Waals surface area contributed by atoms with Crippen LogP contribution in [0, 0.1) is 5.92 Å². The number of nitrogens with zero attached hydrogens (tertiary/aromatic N) is 1. The van der Waals surface area contributed by atoms with Crippen molar-refractivity contribution in [2.24, 2.45) is 5.92 Å². The highest BCUT2D eigenvalue weighted by Crippen LogP contribution is 2.27. The lowest BCUT2D eigenvalue weighted by Crippen LogP contribution is -3.07. The van der Waals surface area contributed by atoms with Gasteiger partial charge in [-0.2, -0.15) is 0 Å². The van der Waals surface area contributed by atoms with Gasteiger partial charge < -0.3 is 14.5 Å². The monoisotopic (exact) mass is 329 g/mol. The van der Waals surface area contributed by atoms with Crippen LogP contribution in [0.15, 0.2) is 30.4 Å². The molecule has 2 aliphatic rings. The van der Waals surface area contributed by atoms with Gasteiger partial charge in [-0.1, -0.05) is 24.3 Å². The van der Waals surface area contributed by atoms with Gasteiger partial charge in [-0.15, -0.1) is 0 Å². The molecular formula is C20H29N2O2+. The van der Waals surface area contributed by atoms with E-state index in [1.807, 2.05) is 14.1 Å². The molecule has 1 aromatic carbocycles. The van der Waals surface area contributed by atoms with Gasteiger partial charge in [0.1, 0.15) is 5.75 Å². The molecule has 0 spiro atoms. The average molecular weight is 329 g/mol. The molecule has 1 atom stereocenters. The maximum atomic E-state index is 12.7. The molecule has 0 unspecified atom stereocenters. The maximum Gasteiger partial charge on any atom is 0.278 e. The second-order valence-electron chi connectivity index (χ2n) is 7.35. The Morgan fingerprint density at radius 2 is 2.21 bits per heavy atom. The van der Waals surface area contributed by atoms with E-state index in [0.717, 1.165) is 38.2 Å². The van der Waals surface area contributed by atoms with Crippen LogP contribution in [0.1, 0.15) is 30.4 Å². The van der Waals surface area contributed by atoms with Crippen LogP contribution >= 0.6 is 0 Å². The van der Waals surface area contributed by atoms with Gasteiger partial charge >= 0.3 is 0 Å². The normalized spacial score (nSPS) is 19.2. The van der Waals surface area contributed by atoms with Gasteiger partial charge in [-0.3, -0.25) is 4.79 Å². The molecule has 0 bridgehead atoms. The van der Waals surface area contributed by atoms with E-state index < -0.39 is 0 Å². The van der Waals surface area contributed by atoms with E-state index in [1.165, 1.54) is 22.4 Å². The standard InChI is InChI=1S/C20H28N2O2/c1-21(2)15-20(23)22(13-16-6-4-3-5-7-16)14-17-8-9-19-18(12-17)10-11-24-19/h3-4,8-9,12,16H,5-7,10-11,13-15H2,1-2H3/p+1/t16-/m0/s1. The zero-order chi connectivity index (χ0) is 16.9. The molecule has 0 saturated heterocycles. The van der Waals surface area contributed by atoms with Crippen molar-refractivity contribution >= 4 is 5.91 Å². The van der Waals surface area contributed by atoms with Crippen LogP contribution in [0.2, 0.25) is 0 Å². The number of nitrogens with one attached hydrogen (secondary N) is 1. The lowest BCUT2D eigenvalue weighted by Gasteiger charge is -2.29. The van der Waals surface area contributed by atoms with Crippen LogP contribution in [0.25, 0.3) is 0 Å². The van der Waals surface area contributed by atoms with Crippen molar-refractivity contribution in [3.8, 4) is 5.75 Å². The molecular weight excluding hydrogens is 300 g/mol. The van der Waals surface area contributed by atoms with Gasteiger partial charge in [0.2, 0.25) is 0 Å². The van der Waals surface area contributed by atoms with Crippen LogP contribution in [0.3, 0.4) is 0 Å². The minimum Gasteiger partial charge on any atom is -0.493 e. The zero-order valence-electron chi connectivity index (χ0n) is 14.9. The van der Waals surface area contributed by atoms with E-state index in [9.17, 15) is 4.79 Å². The number of fused-ring (bicyclic) bond motifs is 1. The highest BCUT2D eigenvalue weighted by molar-refractivity contribution is 5.77. The Morgan fingerprint density at radius 1 is 1.33 bits per heavy atom. The summed E-state index contributed by atoms with van der Waals surface area (Å²) in [5.74, 6) is 1.85. The third-order valence-electron chi connectivity index (χ3n) is 4.84. The predicted octanol–water partition coefficient (Wildman–Crippen LogP) is 1.45. The SMILES string of the molecule is C[NH+](C)CC(=O)N(Cc1ccc2c(c1)CCO2)C[C@H]1CC=CCC1. The van der Waals surface area contributed by atoms with E-state index in [1.54, 1.807) is 0 Å². The fourth-order valence-corrected chi connectivity index (χ4v) is 3.56. The highest BCUT2D eigenvalue weighted by atomic mass is 16.5. The second-order valence-corrected chi connectivity index (χ2v) is 7.35. The van der Waals surface area contributed by atoms with Crippen molar-refractivity contribution in [3.63, 3.8) is 0 Å². The third-order valence-corrected chi connectivity index (χ3v) is 4.84. The summed E-state index contributed by atoms with van der Waals surface area (Å²) in [6.07, 6.45) is 8.92. The van der Waals surface area contributed by atoms with Gasteiger partial charge in [-0.05, 0) is 42.4 Å². The number of allylic oxidation sites excluding steroid dienone is 2. The molecule has 0 aromatic heterocycles. The Labute approximate surface area is 145 Å². The summed E-state index contributed by atoms with van der Waals surface area (Å²) in [4.78, 5) is 16.0. The lowest BCUT2D eigenvalue weighted by atomic mass is 9.93. The minimum atomic E-state index is 0.251. The number of ether oxygens (including phenoxy) is 1. The Balaban J connectivity index is 1.70. The minimum absolute atomic E-state index is 0.251. The summed E-state index contributed by atoms with van der Waals surface area (Å²) in [6, 6.07) is 6.38. The fourth-order valence-electron chi connectivity index (χ4n) is 3.56. The topological polar surface area (TPSA) is 34.0 Å². The van der Waals surface area contributed by atoms with Crippen LogP contribution in [-0.4, -0.2) is 44.6 Å². The van der Waals surface area contributed by atoms with Crippen LogP contribution in [0.5, 0.6) is 5.75 Å². The van der Waals surface area contributed by atoms with E-state index in [2.05, 4.69) is 35.3 Å². The zero-order valence-corrected chi connectivity index (χ0v) is 14.9. The molecule has 1 aromatic rings. The van der Waals surface area contributed by atoms with Gasteiger partial charge in [0.05, 0.1) is 20.7 Å². The number of hydrogen-bond donors (Lipinski definition) is 1. The molecule has 4 heteroatoms. The molecule has 3 rings (SSSR count). The Hall–Kier alpha value is -1.81. The first-order valence-electron chi connectivity index (χ1n) is 9.08. The molecule has 0 fully saturated rings. The van der Waals surface area contributed by atoms with Crippen molar-refractivity contribution in [3.05, 3.63) is 41.5 Å². The number of hydrogen-bond acceptors (Lipinski definition) is 2. The summed E-state index contributed by atoms with van der Waals surface area (Å²) in [6.45, 7) is 2.90. The summed E-state index contributed by atoms with van der Waals surface area (Å²) >= 11 is 0. The van der Waals surface area contributed by atoms with Crippen LogP contribution in [0.4, 0.5) is 0 Å². The number of benzene rings is 1. The van der Waals surface area contributed by atoms with Crippen LogP contribution in [-0.2, 0) is 17.8 Å². The van der Waals surface area contributed by atoms with Gasteiger partial charge in [0.15, 0.2) is 6.54 Å². The van der Waals surface area contributed by atoms with E-state index in [-0.39, 0.29) is 5.91 Å². The maximum absolute atomic E-state index is 12.7. The molecule has 1 aliphatic heterocycles. The predicted molar refractivity (Wildman–Crippen MR) is 95.2 cm³/mol. The Morgan fingerprint density at radius 3 is 2.96 bits per heavy atom. The molecule has 24 heavy (non-hydrogen) atoms. The molecule has 130 valence electrons. The van der Waals surface area contributed by atoms with E-state index >= 15 is 0 Å². The van der Waals surface area contributed by atoms with Crippen LogP contribution < -0.4 is 9.64 Å². The first-order valence-corrected chi connectivity index (χ1v) is 9.08. The number of carbonyl (C=O) groups is 1. The molecule has 0 saturated carbocycles. The molecule has 4 nitrogen and oxygen atoms in total. The van der Waals surface area contributed by atoms with E-state index in [4.69, 9.17) is 4.74 Å². The number of amides is 1. The summed E-state index contributed by atoms with van der Waals surface area (Å²) < 4.78 is 5.59. The number of quaternary nitrogens is 1. The molecule has 1 aliphatic carbocycles. The molecule has 1 heterocycles. The smallest absolute Gasteiger partial charge is 0.278 e. The number of likely N-dealkylation sites (N-methyl/N-ethyl adjacent to an activating group) is 1. The van der Waals surface area contributed by atoms with Gasteiger partial charge in [0.25, 0.3) is 5.91 Å². The second kappa shape index (κ2) is 7.84.